The van der Waals surface area contributed by atoms with Crippen molar-refractivity contribution in [3.05, 3.63) is 119 Å². The lowest BCUT2D eigenvalue weighted by Gasteiger charge is -2.38. The Kier molecular flexibility index (Phi) is 11.0. The molecule has 2 amide bonds. The molecule has 4 atom stereocenters. The van der Waals surface area contributed by atoms with Crippen molar-refractivity contribution in [2.45, 2.75) is 52.3 Å². The van der Waals surface area contributed by atoms with E-state index in [1.165, 1.54) is 0 Å². The normalized spacial score (nSPS) is 17.6. The topological polar surface area (TPSA) is 91.3 Å². The molecule has 0 fully saturated rings. The van der Waals surface area contributed by atoms with E-state index in [0.717, 1.165) is 28.2 Å². The molecule has 0 bridgehead atoms. The van der Waals surface area contributed by atoms with E-state index in [2.05, 4.69) is 29.3 Å². The van der Waals surface area contributed by atoms with Gasteiger partial charge in [0.15, 0.2) is 5.75 Å². The summed E-state index contributed by atoms with van der Waals surface area (Å²) < 4.78 is 12.8. The number of ether oxygens (including phenoxy) is 2. The summed E-state index contributed by atoms with van der Waals surface area (Å²) in [4.78, 5) is 31.2. The third-order valence-corrected chi connectivity index (χ3v) is 8.83. The van der Waals surface area contributed by atoms with Gasteiger partial charge >= 0.3 is 0 Å². The maximum atomic E-state index is 13.9. The van der Waals surface area contributed by atoms with Gasteiger partial charge in [-0.3, -0.25) is 14.5 Å². The minimum Gasteiger partial charge on any atom is -0.486 e. The van der Waals surface area contributed by atoms with Crippen molar-refractivity contribution in [3.63, 3.8) is 0 Å². The molecule has 1 aliphatic rings. The Balaban J connectivity index is 1.36. The summed E-state index contributed by atoms with van der Waals surface area (Å²) in [5.74, 6) is 1.06. The number of carbonyl (C=O) groups excluding carboxylic acids is 2. The second-order valence-corrected chi connectivity index (χ2v) is 12.6. The van der Waals surface area contributed by atoms with E-state index in [4.69, 9.17) is 9.47 Å². The molecule has 0 radical (unpaired) electrons. The molecule has 0 spiro atoms. The van der Waals surface area contributed by atoms with E-state index in [1.807, 2.05) is 94.5 Å². The fourth-order valence-electron chi connectivity index (χ4n) is 5.84. The lowest BCUT2D eigenvalue weighted by Crippen LogP contribution is -2.49. The van der Waals surface area contributed by atoms with E-state index < -0.39 is 5.92 Å². The van der Waals surface area contributed by atoms with Crippen LogP contribution in [0.25, 0.3) is 0 Å². The summed E-state index contributed by atoms with van der Waals surface area (Å²) in [7, 11) is 2.04. The minimum absolute atomic E-state index is 0.0690. The van der Waals surface area contributed by atoms with Crippen LogP contribution in [0.1, 0.15) is 53.7 Å². The fraction of sp³-hybridized carbons (Fsp3) is 0.333. The molecule has 8 nitrogen and oxygen atoms in total. The molecule has 1 heterocycles. The number of carbonyl (C=O) groups is 2. The van der Waals surface area contributed by atoms with Gasteiger partial charge in [-0.15, -0.1) is 0 Å². The number of rotatable bonds is 11. The lowest BCUT2D eigenvalue weighted by molar-refractivity contribution is -0.117. The summed E-state index contributed by atoms with van der Waals surface area (Å²) in [6.07, 6.45) is -0.312. The molecule has 47 heavy (non-hydrogen) atoms. The first-order valence-electron chi connectivity index (χ1n) is 16.2. The second-order valence-electron chi connectivity index (χ2n) is 12.6. The Bertz CT molecular complexity index is 1660. The highest BCUT2D eigenvalue weighted by molar-refractivity contribution is 6.02. The van der Waals surface area contributed by atoms with Crippen molar-refractivity contribution in [3.8, 4) is 17.2 Å². The van der Waals surface area contributed by atoms with Crippen LogP contribution in [-0.4, -0.2) is 65.6 Å². The Morgan fingerprint density at radius 2 is 1.70 bits per heavy atom. The molecule has 0 aromatic heterocycles. The number of benzene rings is 4. The van der Waals surface area contributed by atoms with Gasteiger partial charge in [0.1, 0.15) is 17.6 Å². The molecule has 4 aromatic carbocycles. The van der Waals surface area contributed by atoms with Crippen molar-refractivity contribution < 1.29 is 24.2 Å². The molecule has 0 saturated carbocycles. The van der Waals surface area contributed by atoms with Crippen LogP contribution in [0.5, 0.6) is 17.2 Å². The number of aliphatic hydroxyl groups excluding tert-OH is 1. The second kappa shape index (κ2) is 15.3. The highest BCUT2D eigenvalue weighted by atomic mass is 16.5. The number of hydrogen-bond donors (Lipinski definition) is 2. The van der Waals surface area contributed by atoms with E-state index in [9.17, 15) is 14.7 Å². The first-order valence-corrected chi connectivity index (χ1v) is 16.2. The van der Waals surface area contributed by atoms with Gasteiger partial charge in [0.25, 0.3) is 5.91 Å². The SMILES string of the molecule is Cc1ccccc1Oc1ccc(CN(C)C[C@H]2Oc3c(NC(=O)C(C)c4ccccc4)cccc3C(=O)N([C@@H](C)CO)C[C@H]2C)cc1. The Labute approximate surface area is 277 Å². The number of amides is 2. The van der Waals surface area contributed by atoms with Crippen molar-refractivity contribution in [1.82, 2.24) is 9.80 Å². The third-order valence-electron chi connectivity index (χ3n) is 8.83. The molecular formula is C39H45N3O5. The maximum absolute atomic E-state index is 13.9. The summed E-state index contributed by atoms with van der Waals surface area (Å²) in [6, 6.07) is 30.5. The van der Waals surface area contributed by atoms with Gasteiger partial charge in [-0.25, -0.2) is 0 Å². The molecule has 1 unspecified atom stereocenters. The fourth-order valence-corrected chi connectivity index (χ4v) is 5.84. The van der Waals surface area contributed by atoms with Gasteiger partial charge in [-0.2, -0.15) is 0 Å². The predicted octanol–water partition coefficient (Wildman–Crippen LogP) is 6.88. The zero-order chi connectivity index (χ0) is 33.5. The van der Waals surface area contributed by atoms with Gasteiger partial charge in [0.05, 0.1) is 29.8 Å². The van der Waals surface area contributed by atoms with Crippen molar-refractivity contribution >= 4 is 17.5 Å². The Morgan fingerprint density at radius 1 is 1.00 bits per heavy atom. The zero-order valence-electron chi connectivity index (χ0n) is 27.9. The Morgan fingerprint density at radius 3 is 2.40 bits per heavy atom. The lowest BCUT2D eigenvalue weighted by atomic mass is 9.98. The van der Waals surface area contributed by atoms with Gasteiger partial charge in [0.2, 0.25) is 5.91 Å². The number of para-hydroxylation sites is 2. The molecular weight excluding hydrogens is 590 g/mol. The van der Waals surface area contributed by atoms with Gasteiger partial charge in [0, 0.05) is 25.6 Å². The van der Waals surface area contributed by atoms with Crippen LogP contribution in [0.3, 0.4) is 0 Å². The van der Waals surface area contributed by atoms with Crippen LogP contribution >= 0.6 is 0 Å². The first-order chi connectivity index (χ1) is 22.6. The number of hydrogen-bond acceptors (Lipinski definition) is 6. The average molecular weight is 636 g/mol. The smallest absolute Gasteiger partial charge is 0.258 e. The minimum atomic E-state index is -0.406. The summed E-state index contributed by atoms with van der Waals surface area (Å²) in [5, 5.41) is 13.1. The Hall–Kier alpha value is -4.66. The van der Waals surface area contributed by atoms with Crippen molar-refractivity contribution in [1.29, 1.82) is 0 Å². The van der Waals surface area contributed by atoms with E-state index >= 15 is 0 Å². The summed E-state index contributed by atoms with van der Waals surface area (Å²) >= 11 is 0. The van der Waals surface area contributed by atoms with Crippen LogP contribution < -0.4 is 14.8 Å². The maximum Gasteiger partial charge on any atom is 0.258 e. The number of nitrogens with one attached hydrogen (secondary N) is 1. The van der Waals surface area contributed by atoms with Crippen molar-refractivity contribution in [2.24, 2.45) is 5.92 Å². The molecule has 5 rings (SSSR count). The monoisotopic (exact) mass is 635 g/mol. The largest absolute Gasteiger partial charge is 0.486 e. The van der Waals surface area contributed by atoms with E-state index in [-0.39, 0.29) is 36.5 Å². The zero-order valence-corrected chi connectivity index (χ0v) is 27.9. The average Bonchev–Trinajstić information content (AvgIpc) is 3.08. The van der Waals surface area contributed by atoms with E-state index in [0.29, 0.717) is 36.6 Å². The van der Waals surface area contributed by atoms with Crippen LogP contribution in [0, 0.1) is 12.8 Å². The summed E-state index contributed by atoms with van der Waals surface area (Å²) in [6.45, 7) is 9.29. The van der Waals surface area contributed by atoms with Crippen molar-refractivity contribution in [2.75, 3.05) is 32.1 Å². The van der Waals surface area contributed by atoms with Gasteiger partial charge in [-0.05, 0) is 74.8 Å². The standard InChI is InChI=1S/C39H45N3O5/c1-26-12-9-10-17-35(26)46-32-20-18-30(19-21-32)23-41(5)24-36-27(2)22-42(28(3)25-43)39(45)33-15-11-16-34(37(33)47-36)40-38(44)29(4)31-13-7-6-8-14-31/h6-21,27-29,36,43H,22-25H2,1-5H3,(H,40,44)/t27-,28+,29?,36-/m1/s1. The van der Waals surface area contributed by atoms with Gasteiger partial charge < -0.3 is 24.8 Å². The summed E-state index contributed by atoms with van der Waals surface area (Å²) in [5.41, 5.74) is 3.91. The molecule has 2 N–H and O–H groups in total. The van der Waals surface area contributed by atoms with Crippen LogP contribution in [-0.2, 0) is 11.3 Å². The van der Waals surface area contributed by atoms with Crippen LogP contribution in [0.15, 0.2) is 97.1 Å². The number of likely N-dealkylation sites (N-methyl/N-ethyl adjacent to an activating group) is 1. The predicted molar refractivity (Wildman–Crippen MR) is 185 cm³/mol. The van der Waals surface area contributed by atoms with E-state index in [1.54, 1.807) is 23.1 Å². The molecule has 1 aliphatic heterocycles. The van der Waals surface area contributed by atoms with Gasteiger partial charge in [-0.1, -0.05) is 73.7 Å². The molecule has 8 heteroatoms. The molecule has 246 valence electrons. The number of anilines is 1. The molecule has 0 saturated heterocycles. The number of aliphatic hydroxyl groups is 1. The third kappa shape index (κ3) is 8.20. The quantitative estimate of drug-likeness (QED) is 0.187. The first kappa shape index (κ1) is 33.7. The number of aryl methyl sites for hydroxylation is 1. The molecule has 0 aliphatic carbocycles. The number of nitrogens with zero attached hydrogens (tertiary/aromatic N) is 2. The highest BCUT2D eigenvalue weighted by Crippen LogP contribution is 2.36. The highest BCUT2D eigenvalue weighted by Gasteiger charge is 2.35. The van der Waals surface area contributed by atoms with Crippen LogP contribution in [0.2, 0.25) is 0 Å². The molecule has 4 aromatic rings. The number of fused-ring (bicyclic) bond motifs is 1. The van der Waals surface area contributed by atoms with Crippen LogP contribution in [0.4, 0.5) is 5.69 Å².